The Balaban J connectivity index is 1.61. The van der Waals surface area contributed by atoms with Gasteiger partial charge in [-0.15, -0.1) is 0 Å². The molecule has 2 aromatic carbocycles. The van der Waals surface area contributed by atoms with Crippen LogP contribution in [0, 0.1) is 11.7 Å². The van der Waals surface area contributed by atoms with Crippen LogP contribution in [0.25, 0.3) is 0 Å². The molecule has 0 unspecified atom stereocenters. The fourth-order valence-corrected chi connectivity index (χ4v) is 3.19. The van der Waals surface area contributed by atoms with E-state index < -0.39 is 0 Å². The number of halogens is 1. The minimum Gasteiger partial charge on any atom is -0.326 e. The fourth-order valence-electron chi connectivity index (χ4n) is 3.19. The van der Waals surface area contributed by atoms with Gasteiger partial charge in [0, 0.05) is 30.3 Å². The predicted octanol–water partition coefficient (Wildman–Crippen LogP) is 3.94. The Morgan fingerprint density at radius 1 is 1.19 bits per heavy atom. The summed E-state index contributed by atoms with van der Waals surface area (Å²) >= 11 is 0. The van der Waals surface area contributed by atoms with E-state index in [1.807, 2.05) is 43.0 Å². The van der Waals surface area contributed by atoms with Crippen LogP contribution in [0.3, 0.4) is 0 Å². The summed E-state index contributed by atoms with van der Waals surface area (Å²) in [5.41, 5.74) is 3.53. The molecular formula is C21H23FN2O2. The first kappa shape index (κ1) is 18.1. The van der Waals surface area contributed by atoms with E-state index in [4.69, 9.17) is 0 Å². The van der Waals surface area contributed by atoms with Gasteiger partial charge in [0.05, 0.1) is 0 Å². The Hall–Kier alpha value is -2.69. The van der Waals surface area contributed by atoms with Crippen LogP contribution in [0.1, 0.15) is 31.4 Å². The molecule has 1 aliphatic rings. The minimum atomic E-state index is -0.290. The predicted molar refractivity (Wildman–Crippen MR) is 101 cm³/mol. The third kappa shape index (κ3) is 4.10. The van der Waals surface area contributed by atoms with Gasteiger partial charge in [0.1, 0.15) is 5.82 Å². The van der Waals surface area contributed by atoms with Crippen LogP contribution >= 0.6 is 0 Å². The number of aryl methyl sites for hydroxylation is 1. The Kier molecular flexibility index (Phi) is 5.35. The number of anilines is 2. The van der Waals surface area contributed by atoms with Crippen molar-refractivity contribution in [2.24, 2.45) is 5.92 Å². The van der Waals surface area contributed by atoms with E-state index >= 15 is 0 Å². The van der Waals surface area contributed by atoms with Crippen molar-refractivity contribution < 1.29 is 14.0 Å². The first-order valence-electron chi connectivity index (χ1n) is 8.92. The quantitative estimate of drug-likeness (QED) is 0.884. The molecule has 26 heavy (non-hydrogen) atoms. The molecule has 0 spiro atoms. The van der Waals surface area contributed by atoms with Gasteiger partial charge < -0.3 is 10.2 Å². The van der Waals surface area contributed by atoms with Crippen molar-refractivity contribution in [2.75, 3.05) is 16.8 Å². The van der Waals surface area contributed by atoms with Crippen molar-refractivity contribution in [1.82, 2.24) is 0 Å². The lowest BCUT2D eigenvalue weighted by atomic mass is 10.1. The average molecular weight is 354 g/mol. The highest BCUT2D eigenvalue weighted by molar-refractivity contribution is 5.97. The monoisotopic (exact) mass is 354 g/mol. The average Bonchev–Trinajstić information content (AvgIpc) is 3.02. The standard InChI is InChI=1S/C21H23FN2O2/c1-14(2)21(26)24-11-10-16-13-18(7-8-19(16)24)23-20(25)9-6-15-4-3-5-17(22)12-15/h3-5,7-8,12-14H,6,9-11H2,1-2H3,(H,23,25). The number of amides is 2. The second kappa shape index (κ2) is 7.68. The van der Waals surface area contributed by atoms with E-state index in [1.165, 1.54) is 12.1 Å². The number of nitrogens with zero attached hydrogens (tertiary/aromatic N) is 1. The van der Waals surface area contributed by atoms with E-state index in [0.717, 1.165) is 28.9 Å². The maximum absolute atomic E-state index is 13.2. The normalized spacial score (nSPS) is 13.0. The molecule has 0 radical (unpaired) electrons. The van der Waals surface area contributed by atoms with Gasteiger partial charge in [0.2, 0.25) is 11.8 Å². The summed E-state index contributed by atoms with van der Waals surface area (Å²) in [7, 11) is 0. The largest absolute Gasteiger partial charge is 0.326 e. The Bertz CT molecular complexity index is 833. The molecule has 3 rings (SSSR count). The highest BCUT2D eigenvalue weighted by atomic mass is 19.1. The van der Waals surface area contributed by atoms with Crippen LogP contribution in [0.4, 0.5) is 15.8 Å². The number of hydrogen-bond acceptors (Lipinski definition) is 2. The van der Waals surface area contributed by atoms with Gasteiger partial charge in [-0.2, -0.15) is 0 Å². The Morgan fingerprint density at radius 2 is 2.00 bits per heavy atom. The number of hydrogen-bond donors (Lipinski definition) is 1. The first-order valence-corrected chi connectivity index (χ1v) is 8.92. The SMILES string of the molecule is CC(C)C(=O)N1CCc2cc(NC(=O)CCc3cccc(F)c3)ccc21. The molecule has 1 aliphatic heterocycles. The van der Waals surface area contributed by atoms with Gasteiger partial charge in [0.25, 0.3) is 0 Å². The van der Waals surface area contributed by atoms with E-state index in [9.17, 15) is 14.0 Å². The number of nitrogens with one attached hydrogen (secondary N) is 1. The molecule has 5 heteroatoms. The summed E-state index contributed by atoms with van der Waals surface area (Å²) in [6, 6.07) is 11.9. The van der Waals surface area contributed by atoms with Crippen molar-refractivity contribution in [3.8, 4) is 0 Å². The minimum absolute atomic E-state index is 0.0387. The number of rotatable bonds is 5. The molecule has 1 heterocycles. The smallest absolute Gasteiger partial charge is 0.229 e. The number of fused-ring (bicyclic) bond motifs is 1. The number of benzene rings is 2. The second-order valence-corrected chi connectivity index (χ2v) is 6.92. The third-order valence-electron chi connectivity index (χ3n) is 4.55. The van der Waals surface area contributed by atoms with Crippen molar-refractivity contribution in [3.63, 3.8) is 0 Å². The third-order valence-corrected chi connectivity index (χ3v) is 4.55. The zero-order valence-electron chi connectivity index (χ0n) is 15.1. The summed E-state index contributed by atoms with van der Waals surface area (Å²) < 4.78 is 13.2. The molecular weight excluding hydrogens is 331 g/mol. The summed E-state index contributed by atoms with van der Waals surface area (Å²) in [6.07, 6.45) is 1.57. The molecule has 1 N–H and O–H groups in total. The van der Waals surface area contributed by atoms with Crippen LogP contribution in [-0.2, 0) is 22.4 Å². The van der Waals surface area contributed by atoms with Crippen LogP contribution in [0.2, 0.25) is 0 Å². The highest BCUT2D eigenvalue weighted by Gasteiger charge is 2.26. The van der Waals surface area contributed by atoms with Crippen molar-refractivity contribution in [3.05, 3.63) is 59.4 Å². The molecule has 2 aromatic rings. The lowest BCUT2D eigenvalue weighted by molar-refractivity contribution is -0.121. The molecule has 4 nitrogen and oxygen atoms in total. The topological polar surface area (TPSA) is 49.4 Å². The zero-order valence-corrected chi connectivity index (χ0v) is 15.1. The fraction of sp³-hybridized carbons (Fsp3) is 0.333. The zero-order chi connectivity index (χ0) is 18.7. The van der Waals surface area contributed by atoms with Gasteiger partial charge in [-0.3, -0.25) is 9.59 Å². The lowest BCUT2D eigenvalue weighted by Gasteiger charge is -2.19. The Morgan fingerprint density at radius 3 is 2.73 bits per heavy atom. The Labute approximate surface area is 153 Å². The number of carbonyl (C=O) groups excluding carboxylic acids is 2. The van der Waals surface area contributed by atoms with Crippen LogP contribution in [-0.4, -0.2) is 18.4 Å². The summed E-state index contributed by atoms with van der Waals surface area (Å²) in [6.45, 7) is 4.48. The molecule has 0 saturated carbocycles. The molecule has 136 valence electrons. The summed E-state index contributed by atoms with van der Waals surface area (Å²) in [4.78, 5) is 26.2. The second-order valence-electron chi connectivity index (χ2n) is 6.92. The van der Waals surface area contributed by atoms with Gasteiger partial charge in [0.15, 0.2) is 0 Å². The molecule has 0 atom stereocenters. The maximum Gasteiger partial charge on any atom is 0.229 e. The molecule has 2 amide bonds. The van der Waals surface area contributed by atoms with Crippen molar-refractivity contribution >= 4 is 23.2 Å². The summed E-state index contributed by atoms with van der Waals surface area (Å²) in [5.74, 6) is -0.317. The molecule has 0 aromatic heterocycles. The van der Waals surface area contributed by atoms with E-state index in [0.29, 0.717) is 19.4 Å². The van der Waals surface area contributed by atoms with Crippen LogP contribution in [0.15, 0.2) is 42.5 Å². The van der Waals surface area contributed by atoms with Gasteiger partial charge in [-0.25, -0.2) is 4.39 Å². The lowest BCUT2D eigenvalue weighted by Crippen LogP contribution is -2.32. The van der Waals surface area contributed by atoms with Gasteiger partial charge in [-0.05, 0) is 54.3 Å². The molecule has 0 saturated heterocycles. The van der Waals surface area contributed by atoms with E-state index in [2.05, 4.69) is 5.32 Å². The van der Waals surface area contributed by atoms with Crippen molar-refractivity contribution in [2.45, 2.75) is 33.1 Å². The van der Waals surface area contributed by atoms with E-state index in [1.54, 1.807) is 6.07 Å². The first-order chi connectivity index (χ1) is 12.4. The molecule has 0 fully saturated rings. The maximum atomic E-state index is 13.2. The van der Waals surface area contributed by atoms with E-state index in [-0.39, 0.29) is 23.5 Å². The van der Waals surface area contributed by atoms with Gasteiger partial charge >= 0.3 is 0 Å². The summed E-state index contributed by atoms with van der Waals surface area (Å²) in [5, 5.41) is 2.89. The highest BCUT2D eigenvalue weighted by Crippen LogP contribution is 2.31. The number of carbonyl (C=O) groups is 2. The van der Waals surface area contributed by atoms with Crippen molar-refractivity contribution in [1.29, 1.82) is 0 Å². The molecule has 0 aliphatic carbocycles. The van der Waals surface area contributed by atoms with Crippen LogP contribution < -0.4 is 10.2 Å². The van der Waals surface area contributed by atoms with Crippen LogP contribution in [0.5, 0.6) is 0 Å². The molecule has 0 bridgehead atoms. The van der Waals surface area contributed by atoms with Gasteiger partial charge in [-0.1, -0.05) is 26.0 Å².